The highest BCUT2D eigenvalue weighted by Gasteiger charge is 2.07. The van der Waals surface area contributed by atoms with Gasteiger partial charge < -0.3 is 10.2 Å². The maximum atomic E-state index is 3.23. The Bertz CT molecular complexity index is 296. The van der Waals surface area contributed by atoms with Crippen molar-refractivity contribution in [3.8, 4) is 0 Å². The summed E-state index contributed by atoms with van der Waals surface area (Å²) in [6.45, 7) is 7.83. The molecule has 0 spiro atoms. The second-order valence-electron chi connectivity index (χ2n) is 4.58. The van der Waals surface area contributed by atoms with E-state index in [1.165, 1.54) is 9.75 Å². The second-order valence-corrected chi connectivity index (χ2v) is 5.83. The maximum Gasteiger partial charge on any atom is 0.0325 e. The van der Waals surface area contributed by atoms with Crippen molar-refractivity contribution in [2.24, 2.45) is 5.92 Å². The molecule has 0 radical (unpaired) electrons. The minimum Gasteiger partial charge on any atom is -0.319 e. The van der Waals surface area contributed by atoms with Crippen molar-refractivity contribution in [1.82, 2.24) is 10.2 Å². The van der Waals surface area contributed by atoms with Crippen LogP contribution in [0.15, 0.2) is 12.1 Å². The minimum absolute atomic E-state index is 0.709. The summed E-state index contributed by atoms with van der Waals surface area (Å²) >= 11 is 1.94. The van der Waals surface area contributed by atoms with Crippen molar-refractivity contribution in [3.05, 3.63) is 21.9 Å². The molecule has 1 rings (SSSR count). The molecule has 0 amide bonds. The van der Waals surface area contributed by atoms with E-state index in [2.05, 4.69) is 43.2 Å². The van der Waals surface area contributed by atoms with Crippen molar-refractivity contribution < 1.29 is 0 Å². The van der Waals surface area contributed by atoms with Gasteiger partial charge in [0.05, 0.1) is 0 Å². The van der Waals surface area contributed by atoms with Gasteiger partial charge in [-0.1, -0.05) is 13.8 Å². The SMILES string of the molecule is CCc1ccc(CN(C)CC(C)CNC)s1. The predicted molar refractivity (Wildman–Crippen MR) is 73.1 cm³/mol. The van der Waals surface area contributed by atoms with Crippen LogP contribution in [0.25, 0.3) is 0 Å². The molecule has 0 aliphatic heterocycles. The van der Waals surface area contributed by atoms with Gasteiger partial charge in [0.15, 0.2) is 0 Å². The topological polar surface area (TPSA) is 15.3 Å². The van der Waals surface area contributed by atoms with Gasteiger partial charge in [-0.05, 0) is 45.1 Å². The average Bonchev–Trinajstić information content (AvgIpc) is 2.65. The van der Waals surface area contributed by atoms with Gasteiger partial charge in [0.25, 0.3) is 0 Å². The number of hydrogen-bond acceptors (Lipinski definition) is 3. The van der Waals surface area contributed by atoms with Gasteiger partial charge in [0.2, 0.25) is 0 Å². The van der Waals surface area contributed by atoms with E-state index in [-0.39, 0.29) is 0 Å². The molecule has 0 aliphatic carbocycles. The summed E-state index contributed by atoms with van der Waals surface area (Å²) in [6.07, 6.45) is 1.16. The molecule has 3 heteroatoms. The molecule has 1 unspecified atom stereocenters. The van der Waals surface area contributed by atoms with Crippen molar-refractivity contribution in [3.63, 3.8) is 0 Å². The molecule has 0 fully saturated rings. The molecule has 0 aliphatic rings. The predicted octanol–water partition coefficient (Wildman–Crippen LogP) is 2.60. The molecule has 0 saturated heterocycles. The first-order valence-electron chi connectivity index (χ1n) is 6.06. The molecule has 1 atom stereocenters. The molecule has 2 nitrogen and oxygen atoms in total. The summed E-state index contributed by atoms with van der Waals surface area (Å²) < 4.78 is 0. The standard InChI is InChI=1S/C13H24N2S/c1-5-12-6-7-13(16-12)10-15(4)9-11(2)8-14-3/h6-7,11,14H,5,8-10H2,1-4H3. The Balaban J connectivity index is 2.35. The molecular formula is C13H24N2S. The normalized spacial score (nSPS) is 13.3. The Morgan fingerprint density at radius 1 is 1.38 bits per heavy atom. The largest absolute Gasteiger partial charge is 0.319 e. The first-order chi connectivity index (χ1) is 7.65. The van der Waals surface area contributed by atoms with E-state index in [1.807, 2.05) is 18.4 Å². The lowest BCUT2D eigenvalue weighted by Crippen LogP contribution is -2.29. The molecule has 0 saturated carbocycles. The summed E-state index contributed by atoms with van der Waals surface area (Å²) in [6, 6.07) is 4.52. The van der Waals surface area contributed by atoms with Crippen LogP contribution < -0.4 is 5.32 Å². The summed E-state index contributed by atoms with van der Waals surface area (Å²) in [7, 11) is 4.22. The fraction of sp³-hybridized carbons (Fsp3) is 0.692. The Morgan fingerprint density at radius 3 is 2.62 bits per heavy atom. The van der Waals surface area contributed by atoms with Crippen molar-refractivity contribution >= 4 is 11.3 Å². The maximum absolute atomic E-state index is 3.23. The van der Waals surface area contributed by atoms with Crippen LogP contribution in [0.4, 0.5) is 0 Å². The Morgan fingerprint density at radius 2 is 2.06 bits per heavy atom. The number of nitrogens with one attached hydrogen (secondary N) is 1. The van der Waals surface area contributed by atoms with Gasteiger partial charge >= 0.3 is 0 Å². The van der Waals surface area contributed by atoms with E-state index in [1.54, 1.807) is 0 Å². The zero-order chi connectivity index (χ0) is 12.0. The van der Waals surface area contributed by atoms with Gasteiger partial charge in [-0.3, -0.25) is 0 Å². The average molecular weight is 240 g/mol. The van der Waals surface area contributed by atoms with E-state index in [4.69, 9.17) is 0 Å². The molecule has 92 valence electrons. The first kappa shape index (κ1) is 13.7. The van der Waals surface area contributed by atoms with Crippen molar-refractivity contribution in [2.45, 2.75) is 26.8 Å². The van der Waals surface area contributed by atoms with Gasteiger partial charge in [0.1, 0.15) is 0 Å². The van der Waals surface area contributed by atoms with Crippen LogP contribution in [0.1, 0.15) is 23.6 Å². The third-order valence-electron chi connectivity index (χ3n) is 2.67. The van der Waals surface area contributed by atoms with Crippen molar-refractivity contribution in [2.75, 3.05) is 27.2 Å². The monoisotopic (exact) mass is 240 g/mol. The second kappa shape index (κ2) is 7.05. The fourth-order valence-electron chi connectivity index (χ4n) is 1.97. The summed E-state index contributed by atoms with van der Waals surface area (Å²) in [5.41, 5.74) is 0. The summed E-state index contributed by atoms with van der Waals surface area (Å²) in [5.74, 6) is 0.709. The third-order valence-corrected chi connectivity index (χ3v) is 3.88. The van der Waals surface area contributed by atoms with Crippen LogP contribution in [0, 0.1) is 5.92 Å². The number of hydrogen-bond donors (Lipinski definition) is 1. The van der Waals surface area contributed by atoms with Gasteiger partial charge in [-0.2, -0.15) is 0 Å². The Hall–Kier alpha value is -0.380. The van der Waals surface area contributed by atoms with E-state index in [0.717, 1.165) is 26.1 Å². The van der Waals surface area contributed by atoms with Crippen LogP contribution in [0.5, 0.6) is 0 Å². The number of aryl methyl sites for hydroxylation is 1. The molecular weight excluding hydrogens is 216 g/mol. The van der Waals surface area contributed by atoms with Crippen LogP contribution in [-0.2, 0) is 13.0 Å². The zero-order valence-electron chi connectivity index (χ0n) is 10.9. The highest BCUT2D eigenvalue weighted by atomic mass is 32.1. The zero-order valence-corrected chi connectivity index (χ0v) is 11.7. The highest BCUT2D eigenvalue weighted by molar-refractivity contribution is 7.11. The number of nitrogens with zero attached hydrogens (tertiary/aromatic N) is 1. The molecule has 1 aromatic heterocycles. The fourth-order valence-corrected chi connectivity index (χ4v) is 3.01. The van der Waals surface area contributed by atoms with Crippen LogP contribution in [-0.4, -0.2) is 32.1 Å². The Labute approximate surface area is 104 Å². The smallest absolute Gasteiger partial charge is 0.0325 e. The van der Waals surface area contributed by atoms with Gasteiger partial charge in [0, 0.05) is 22.8 Å². The van der Waals surface area contributed by atoms with E-state index in [9.17, 15) is 0 Å². The quantitative estimate of drug-likeness (QED) is 0.788. The summed E-state index contributed by atoms with van der Waals surface area (Å²) in [4.78, 5) is 5.38. The van der Waals surface area contributed by atoms with Gasteiger partial charge in [-0.25, -0.2) is 0 Å². The third kappa shape index (κ3) is 4.64. The van der Waals surface area contributed by atoms with E-state index in [0.29, 0.717) is 5.92 Å². The molecule has 1 heterocycles. The van der Waals surface area contributed by atoms with Gasteiger partial charge in [-0.15, -0.1) is 11.3 Å². The molecule has 0 aromatic carbocycles. The molecule has 1 N–H and O–H groups in total. The lowest BCUT2D eigenvalue weighted by Gasteiger charge is -2.20. The number of rotatable bonds is 7. The van der Waals surface area contributed by atoms with E-state index >= 15 is 0 Å². The first-order valence-corrected chi connectivity index (χ1v) is 6.88. The van der Waals surface area contributed by atoms with Crippen LogP contribution >= 0.6 is 11.3 Å². The molecule has 16 heavy (non-hydrogen) atoms. The lowest BCUT2D eigenvalue weighted by molar-refractivity contribution is 0.278. The number of thiophene rings is 1. The van der Waals surface area contributed by atoms with Crippen LogP contribution in [0.2, 0.25) is 0 Å². The minimum atomic E-state index is 0.709. The molecule has 1 aromatic rings. The van der Waals surface area contributed by atoms with Crippen molar-refractivity contribution in [1.29, 1.82) is 0 Å². The highest BCUT2D eigenvalue weighted by Crippen LogP contribution is 2.18. The summed E-state index contributed by atoms with van der Waals surface area (Å²) in [5, 5.41) is 3.23. The Kier molecular flexibility index (Phi) is 6.03. The van der Waals surface area contributed by atoms with Crippen LogP contribution in [0.3, 0.4) is 0 Å². The van der Waals surface area contributed by atoms with E-state index < -0.39 is 0 Å². The lowest BCUT2D eigenvalue weighted by atomic mass is 10.1. The molecule has 0 bridgehead atoms.